The van der Waals surface area contributed by atoms with Gasteiger partial charge in [-0.2, -0.15) is 0 Å². The number of thioether (sulfide) groups is 1. The van der Waals surface area contributed by atoms with Crippen molar-refractivity contribution in [1.82, 2.24) is 20.1 Å². The number of carbonyl (C=O) groups is 2. The van der Waals surface area contributed by atoms with Gasteiger partial charge in [0.05, 0.1) is 11.8 Å². The standard InChI is InChI=1S/C24H29N5O2S/c1-5-18-9-13-20(14-10-18)26-21(30)15-32-24-28-27-22(29(24)6-2)17(4)25-23(31)19-11-7-16(3)8-12-19/h7-14,17H,5-6,15H2,1-4H3,(H,25,31)(H,26,30)/t17-/m1/s1. The second-order valence-corrected chi connectivity index (χ2v) is 8.48. The molecule has 0 radical (unpaired) electrons. The molecule has 0 aliphatic rings. The SMILES string of the molecule is CCc1ccc(NC(=O)CSc2nnc([C@@H](C)NC(=O)c3ccc(C)cc3)n2CC)cc1. The van der Waals surface area contributed by atoms with Gasteiger partial charge < -0.3 is 15.2 Å². The van der Waals surface area contributed by atoms with E-state index in [-0.39, 0.29) is 23.6 Å². The monoisotopic (exact) mass is 451 g/mol. The lowest BCUT2D eigenvalue weighted by atomic mass is 10.1. The van der Waals surface area contributed by atoms with E-state index in [4.69, 9.17) is 0 Å². The molecule has 0 unspecified atom stereocenters. The van der Waals surface area contributed by atoms with Crippen molar-refractivity contribution in [2.24, 2.45) is 0 Å². The van der Waals surface area contributed by atoms with Gasteiger partial charge in [-0.05, 0) is 57.0 Å². The Morgan fingerprint density at radius 3 is 2.34 bits per heavy atom. The molecule has 2 N–H and O–H groups in total. The van der Waals surface area contributed by atoms with Crippen LogP contribution in [0.3, 0.4) is 0 Å². The zero-order valence-electron chi connectivity index (χ0n) is 18.9. The maximum absolute atomic E-state index is 12.5. The Balaban J connectivity index is 1.60. The average molecular weight is 452 g/mol. The van der Waals surface area contributed by atoms with Crippen molar-refractivity contribution in [1.29, 1.82) is 0 Å². The van der Waals surface area contributed by atoms with Crippen LogP contribution in [-0.4, -0.2) is 32.3 Å². The van der Waals surface area contributed by atoms with E-state index in [9.17, 15) is 9.59 Å². The van der Waals surface area contributed by atoms with E-state index in [2.05, 4.69) is 27.8 Å². The summed E-state index contributed by atoms with van der Waals surface area (Å²) in [5.41, 5.74) is 3.70. The molecule has 32 heavy (non-hydrogen) atoms. The minimum atomic E-state index is -0.323. The van der Waals surface area contributed by atoms with E-state index in [1.165, 1.54) is 17.3 Å². The molecule has 0 aliphatic heterocycles. The van der Waals surface area contributed by atoms with Crippen LogP contribution in [-0.2, 0) is 17.8 Å². The van der Waals surface area contributed by atoms with Gasteiger partial charge in [0, 0.05) is 17.8 Å². The van der Waals surface area contributed by atoms with E-state index in [0.717, 1.165) is 17.7 Å². The quantitative estimate of drug-likeness (QED) is 0.471. The van der Waals surface area contributed by atoms with Crippen molar-refractivity contribution < 1.29 is 9.59 Å². The molecule has 0 saturated heterocycles. The molecule has 7 nitrogen and oxygen atoms in total. The summed E-state index contributed by atoms with van der Waals surface area (Å²) in [6.07, 6.45) is 0.961. The minimum Gasteiger partial charge on any atom is -0.342 e. The van der Waals surface area contributed by atoms with E-state index < -0.39 is 0 Å². The number of anilines is 1. The number of rotatable bonds is 9. The smallest absolute Gasteiger partial charge is 0.251 e. The molecule has 168 valence electrons. The van der Waals surface area contributed by atoms with Gasteiger partial charge in [0.25, 0.3) is 5.91 Å². The van der Waals surface area contributed by atoms with Crippen LogP contribution in [0.15, 0.2) is 53.7 Å². The first-order valence-corrected chi connectivity index (χ1v) is 11.7. The highest BCUT2D eigenvalue weighted by Gasteiger charge is 2.20. The molecule has 2 aromatic carbocycles. The van der Waals surface area contributed by atoms with Crippen LogP contribution in [0, 0.1) is 6.92 Å². The highest BCUT2D eigenvalue weighted by molar-refractivity contribution is 7.99. The molecule has 3 rings (SSSR count). The van der Waals surface area contributed by atoms with Gasteiger partial charge in [0.15, 0.2) is 11.0 Å². The summed E-state index contributed by atoms with van der Waals surface area (Å²) >= 11 is 1.33. The van der Waals surface area contributed by atoms with Crippen molar-refractivity contribution in [2.75, 3.05) is 11.1 Å². The van der Waals surface area contributed by atoms with Gasteiger partial charge >= 0.3 is 0 Å². The first kappa shape index (κ1) is 23.5. The van der Waals surface area contributed by atoms with Crippen molar-refractivity contribution in [3.8, 4) is 0 Å². The van der Waals surface area contributed by atoms with E-state index in [1.54, 1.807) is 12.1 Å². The number of hydrogen-bond donors (Lipinski definition) is 2. The highest BCUT2D eigenvalue weighted by Crippen LogP contribution is 2.21. The van der Waals surface area contributed by atoms with Crippen molar-refractivity contribution in [2.45, 2.75) is 51.9 Å². The first-order chi connectivity index (χ1) is 15.4. The molecule has 0 saturated carbocycles. The summed E-state index contributed by atoms with van der Waals surface area (Å²) in [4.78, 5) is 24.9. The molecular formula is C24H29N5O2S. The third-order valence-electron chi connectivity index (χ3n) is 5.09. The largest absolute Gasteiger partial charge is 0.342 e. The van der Waals surface area contributed by atoms with Crippen LogP contribution in [0.1, 0.15) is 54.1 Å². The van der Waals surface area contributed by atoms with Crippen LogP contribution in [0.25, 0.3) is 0 Å². The zero-order chi connectivity index (χ0) is 23.1. The highest BCUT2D eigenvalue weighted by atomic mass is 32.2. The molecule has 8 heteroatoms. The molecule has 0 fully saturated rings. The van der Waals surface area contributed by atoms with Gasteiger partial charge in [-0.15, -0.1) is 10.2 Å². The topological polar surface area (TPSA) is 88.9 Å². The number of nitrogens with zero attached hydrogens (tertiary/aromatic N) is 3. The Morgan fingerprint density at radius 1 is 1.03 bits per heavy atom. The summed E-state index contributed by atoms with van der Waals surface area (Å²) in [7, 11) is 0. The predicted molar refractivity (Wildman–Crippen MR) is 128 cm³/mol. The van der Waals surface area contributed by atoms with Gasteiger partial charge in [-0.1, -0.05) is 48.5 Å². The van der Waals surface area contributed by atoms with Crippen LogP contribution in [0.2, 0.25) is 0 Å². The summed E-state index contributed by atoms with van der Waals surface area (Å²) in [5.74, 6) is 0.613. The molecular weight excluding hydrogens is 422 g/mol. The summed E-state index contributed by atoms with van der Waals surface area (Å²) in [6, 6.07) is 14.9. The van der Waals surface area contributed by atoms with E-state index >= 15 is 0 Å². The molecule has 1 heterocycles. The number of hydrogen-bond acceptors (Lipinski definition) is 5. The van der Waals surface area contributed by atoms with Crippen LogP contribution in [0.4, 0.5) is 5.69 Å². The van der Waals surface area contributed by atoms with E-state index in [0.29, 0.717) is 23.1 Å². The lowest BCUT2D eigenvalue weighted by Gasteiger charge is -2.15. The molecule has 1 atom stereocenters. The molecule has 1 aromatic heterocycles. The van der Waals surface area contributed by atoms with Gasteiger partial charge in [0.2, 0.25) is 5.91 Å². The maximum Gasteiger partial charge on any atom is 0.251 e. The van der Waals surface area contributed by atoms with Gasteiger partial charge in [0.1, 0.15) is 0 Å². The average Bonchev–Trinajstić information content (AvgIpc) is 3.21. The molecule has 0 aliphatic carbocycles. The summed E-state index contributed by atoms with van der Waals surface area (Å²) < 4.78 is 1.92. The number of aryl methyl sites for hydroxylation is 2. The third-order valence-corrected chi connectivity index (χ3v) is 6.06. The van der Waals surface area contributed by atoms with Crippen molar-refractivity contribution >= 4 is 29.3 Å². The fraction of sp³-hybridized carbons (Fsp3) is 0.333. The molecule has 0 bridgehead atoms. The Bertz CT molecular complexity index is 1060. The van der Waals surface area contributed by atoms with Crippen molar-refractivity contribution in [3.63, 3.8) is 0 Å². The van der Waals surface area contributed by atoms with Crippen LogP contribution < -0.4 is 10.6 Å². The Labute approximate surface area is 193 Å². The number of aromatic nitrogens is 3. The Hall–Kier alpha value is -3.13. The summed E-state index contributed by atoms with van der Waals surface area (Å²) in [5, 5.41) is 15.0. The Morgan fingerprint density at radius 2 is 1.72 bits per heavy atom. The second kappa shape index (κ2) is 10.9. The molecule has 0 spiro atoms. The van der Waals surface area contributed by atoms with Crippen LogP contribution >= 0.6 is 11.8 Å². The van der Waals surface area contributed by atoms with Crippen molar-refractivity contribution in [3.05, 3.63) is 71.0 Å². The zero-order valence-corrected chi connectivity index (χ0v) is 19.7. The third kappa shape index (κ3) is 5.97. The first-order valence-electron chi connectivity index (χ1n) is 10.7. The van der Waals surface area contributed by atoms with Gasteiger partial charge in [-0.25, -0.2) is 0 Å². The number of carbonyl (C=O) groups excluding carboxylic acids is 2. The predicted octanol–water partition coefficient (Wildman–Crippen LogP) is 4.39. The number of amides is 2. The molecule has 3 aromatic rings. The minimum absolute atomic E-state index is 0.104. The summed E-state index contributed by atoms with van der Waals surface area (Å²) in [6.45, 7) is 8.58. The lowest BCUT2D eigenvalue weighted by Crippen LogP contribution is -2.28. The molecule has 2 amide bonds. The van der Waals surface area contributed by atoms with Gasteiger partial charge in [-0.3, -0.25) is 9.59 Å². The normalized spacial score (nSPS) is 11.8. The number of nitrogens with one attached hydrogen (secondary N) is 2. The fourth-order valence-corrected chi connectivity index (χ4v) is 4.03. The fourth-order valence-electron chi connectivity index (χ4n) is 3.22. The second-order valence-electron chi connectivity index (χ2n) is 7.53. The van der Waals surface area contributed by atoms with E-state index in [1.807, 2.05) is 61.7 Å². The van der Waals surface area contributed by atoms with Crippen LogP contribution in [0.5, 0.6) is 0 Å². The lowest BCUT2D eigenvalue weighted by molar-refractivity contribution is -0.113. The Kier molecular flexibility index (Phi) is 8.05. The maximum atomic E-state index is 12.5. The number of benzene rings is 2.